The minimum absolute atomic E-state index is 0.254. The summed E-state index contributed by atoms with van der Waals surface area (Å²) < 4.78 is 13.3. The lowest BCUT2D eigenvalue weighted by molar-refractivity contribution is -0.134. The summed E-state index contributed by atoms with van der Waals surface area (Å²) >= 11 is 6.21. The molecular weight excluding hydrogens is 397 g/mol. The number of carbonyl (C=O) groups is 3. The van der Waals surface area contributed by atoms with Crippen LogP contribution in [0, 0.1) is 19.7 Å². The molecule has 2 N–H and O–H groups in total. The summed E-state index contributed by atoms with van der Waals surface area (Å²) in [6, 6.07) is 8.27. The molecule has 1 aliphatic rings. The Bertz CT molecular complexity index is 970. The molecule has 3 rings (SSSR count). The van der Waals surface area contributed by atoms with Gasteiger partial charge < -0.3 is 10.6 Å². The van der Waals surface area contributed by atoms with Crippen molar-refractivity contribution in [2.75, 3.05) is 11.9 Å². The minimum Gasteiger partial charge on any atom is -0.323 e. The Labute approximate surface area is 173 Å². The van der Waals surface area contributed by atoms with Crippen LogP contribution in [0.25, 0.3) is 0 Å². The molecule has 8 heteroatoms. The van der Waals surface area contributed by atoms with Crippen molar-refractivity contribution in [3.05, 3.63) is 63.9 Å². The normalized spacial score (nSPS) is 18.7. The van der Waals surface area contributed by atoms with E-state index in [2.05, 4.69) is 10.6 Å². The van der Waals surface area contributed by atoms with Crippen molar-refractivity contribution >= 4 is 35.1 Å². The summed E-state index contributed by atoms with van der Waals surface area (Å²) in [5.41, 5.74) is 1.29. The van der Waals surface area contributed by atoms with Crippen molar-refractivity contribution in [2.45, 2.75) is 32.7 Å². The molecule has 0 radical (unpaired) electrons. The van der Waals surface area contributed by atoms with Gasteiger partial charge in [0.05, 0.1) is 10.7 Å². The van der Waals surface area contributed by atoms with Gasteiger partial charge in [0.15, 0.2) is 0 Å². The molecule has 0 aromatic heterocycles. The van der Waals surface area contributed by atoms with E-state index in [-0.39, 0.29) is 6.42 Å². The highest BCUT2D eigenvalue weighted by molar-refractivity contribution is 6.34. The van der Waals surface area contributed by atoms with Crippen LogP contribution in [-0.4, -0.2) is 29.3 Å². The van der Waals surface area contributed by atoms with Crippen molar-refractivity contribution in [1.29, 1.82) is 0 Å². The minimum atomic E-state index is -1.33. The molecule has 1 atom stereocenters. The van der Waals surface area contributed by atoms with Crippen LogP contribution in [0.3, 0.4) is 0 Å². The van der Waals surface area contributed by atoms with Gasteiger partial charge in [0, 0.05) is 0 Å². The Morgan fingerprint density at radius 3 is 2.45 bits per heavy atom. The first-order chi connectivity index (χ1) is 13.7. The maximum Gasteiger partial charge on any atom is 0.325 e. The monoisotopic (exact) mass is 417 g/mol. The van der Waals surface area contributed by atoms with Gasteiger partial charge in [-0.3, -0.25) is 14.5 Å². The second kappa shape index (κ2) is 7.83. The highest BCUT2D eigenvalue weighted by Crippen LogP contribution is 2.33. The number of carbonyl (C=O) groups excluding carboxylic acids is 3. The fourth-order valence-corrected chi connectivity index (χ4v) is 3.91. The lowest BCUT2D eigenvalue weighted by Gasteiger charge is -2.25. The first-order valence-corrected chi connectivity index (χ1v) is 9.52. The molecule has 1 heterocycles. The zero-order valence-corrected chi connectivity index (χ0v) is 17.1. The van der Waals surface area contributed by atoms with E-state index in [0.717, 1.165) is 16.0 Å². The maximum atomic E-state index is 13.3. The zero-order valence-electron chi connectivity index (χ0n) is 16.3. The largest absolute Gasteiger partial charge is 0.325 e. The highest BCUT2D eigenvalue weighted by Gasteiger charge is 2.51. The van der Waals surface area contributed by atoms with Gasteiger partial charge in [-0.15, -0.1) is 0 Å². The Morgan fingerprint density at radius 2 is 1.86 bits per heavy atom. The molecule has 4 amide bonds. The molecule has 1 unspecified atom stereocenters. The number of hydrogen-bond acceptors (Lipinski definition) is 3. The lowest BCUT2D eigenvalue weighted by atomic mass is 9.87. The van der Waals surface area contributed by atoms with Gasteiger partial charge in [0.2, 0.25) is 5.91 Å². The fourth-order valence-electron chi connectivity index (χ4n) is 3.54. The first-order valence-electron chi connectivity index (χ1n) is 9.14. The Kier molecular flexibility index (Phi) is 5.61. The summed E-state index contributed by atoms with van der Waals surface area (Å²) in [6.45, 7) is 4.97. The quantitative estimate of drug-likeness (QED) is 0.724. The topological polar surface area (TPSA) is 78.5 Å². The molecule has 29 heavy (non-hydrogen) atoms. The van der Waals surface area contributed by atoms with E-state index in [4.69, 9.17) is 11.6 Å². The molecule has 1 fully saturated rings. The van der Waals surface area contributed by atoms with Gasteiger partial charge in [-0.25, -0.2) is 9.18 Å². The second-order valence-electron chi connectivity index (χ2n) is 7.07. The average Bonchev–Trinajstić information content (AvgIpc) is 2.90. The number of anilines is 1. The molecule has 1 aliphatic heterocycles. The fraction of sp³-hybridized carbons (Fsp3) is 0.286. The smallest absolute Gasteiger partial charge is 0.323 e. The van der Waals surface area contributed by atoms with Crippen LogP contribution >= 0.6 is 11.6 Å². The van der Waals surface area contributed by atoms with Crippen LogP contribution < -0.4 is 10.6 Å². The van der Waals surface area contributed by atoms with E-state index < -0.39 is 35.7 Å². The van der Waals surface area contributed by atoms with Crippen molar-refractivity contribution in [3.8, 4) is 0 Å². The van der Waals surface area contributed by atoms with Gasteiger partial charge in [-0.2, -0.15) is 0 Å². The van der Waals surface area contributed by atoms with E-state index >= 15 is 0 Å². The number of amides is 4. The van der Waals surface area contributed by atoms with Gasteiger partial charge in [-0.05, 0) is 55.2 Å². The van der Waals surface area contributed by atoms with E-state index in [9.17, 15) is 18.8 Å². The summed E-state index contributed by atoms with van der Waals surface area (Å²) in [5.74, 6) is -1.55. The number of urea groups is 1. The lowest BCUT2D eigenvalue weighted by Crippen LogP contribution is -2.44. The average molecular weight is 418 g/mol. The number of hydrogen-bond donors (Lipinski definition) is 2. The van der Waals surface area contributed by atoms with Gasteiger partial charge in [0.25, 0.3) is 5.91 Å². The van der Waals surface area contributed by atoms with Gasteiger partial charge in [0.1, 0.15) is 17.9 Å². The molecule has 0 aliphatic carbocycles. The summed E-state index contributed by atoms with van der Waals surface area (Å²) in [6.07, 6.45) is 0.254. The van der Waals surface area contributed by atoms with Crippen LogP contribution in [0.2, 0.25) is 5.02 Å². The molecular formula is C21H21ClFN3O3. The third kappa shape index (κ3) is 3.82. The standard InChI is InChI=1S/C21H21ClFN3O3/c1-4-21(14-5-7-15(23)8-6-14)19(28)26(20(29)25-21)11-17(27)24-18-13(3)9-12(2)10-16(18)22/h5-10H,4,11H2,1-3H3,(H,24,27)(H,25,29). The SMILES string of the molecule is CCC1(c2ccc(F)cc2)NC(=O)N(CC(=O)Nc2c(C)cc(C)cc2Cl)C1=O. The number of imide groups is 1. The Hall–Kier alpha value is -2.93. The number of nitrogens with zero attached hydrogens (tertiary/aromatic N) is 1. The number of benzene rings is 2. The van der Waals surface area contributed by atoms with Crippen molar-refractivity contribution in [3.63, 3.8) is 0 Å². The molecule has 0 spiro atoms. The first kappa shape index (κ1) is 20.8. The van der Waals surface area contributed by atoms with Crippen LogP contribution in [0.5, 0.6) is 0 Å². The summed E-state index contributed by atoms with van der Waals surface area (Å²) in [4.78, 5) is 38.9. The number of aryl methyl sites for hydroxylation is 2. The van der Waals surface area contributed by atoms with Gasteiger partial charge in [-0.1, -0.05) is 36.7 Å². The van der Waals surface area contributed by atoms with Crippen LogP contribution in [0.1, 0.15) is 30.0 Å². The Morgan fingerprint density at radius 1 is 1.21 bits per heavy atom. The predicted octanol–water partition coefficient (Wildman–Crippen LogP) is 3.89. The molecule has 152 valence electrons. The Balaban J connectivity index is 1.81. The van der Waals surface area contributed by atoms with Gasteiger partial charge >= 0.3 is 6.03 Å². The van der Waals surface area contributed by atoms with E-state index in [1.807, 2.05) is 13.0 Å². The molecule has 2 aromatic rings. The van der Waals surface area contributed by atoms with E-state index in [0.29, 0.717) is 16.3 Å². The summed E-state index contributed by atoms with van der Waals surface area (Å²) in [7, 11) is 0. The van der Waals surface area contributed by atoms with Crippen molar-refractivity contribution in [1.82, 2.24) is 10.2 Å². The van der Waals surface area contributed by atoms with Crippen LogP contribution in [0.4, 0.5) is 14.9 Å². The summed E-state index contributed by atoms with van der Waals surface area (Å²) in [5, 5.41) is 5.71. The molecule has 0 saturated carbocycles. The molecule has 6 nitrogen and oxygen atoms in total. The number of nitrogens with one attached hydrogen (secondary N) is 2. The number of halogens is 2. The predicted molar refractivity (Wildman–Crippen MR) is 108 cm³/mol. The third-order valence-electron chi connectivity index (χ3n) is 5.04. The number of rotatable bonds is 5. The molecule has 1 saturated heterocycles. The van der Waals surface area contributed by atoms with Crippen molar-refractivity contribution in [2.24, 2.45) is 0 Å². The maximum absolute atomic E-state index is 13.3. The molecule has 2 aromatic carbocycles. The highest BCUT2D eigenvalue weighted by atomic mass is 35.5. The van der Waals surface area contributed by atoms with Crippen molar-refractivity contribution < 1.29 is 18.8 Å². The zero-order chi connectivity index (χ0) is 21.3. The third-order valence-corrected chi connectivity index (χ3v) is 5.34. The van der Waals surface area contributed by atoms with Crippen LogP contribution in [-0.2, 0) is 15.1 Å². The van der Waals surface area contributed by atoms with E-state index in [1.54, 1.807) is 19.9 Å². The van der Waals surface area contributed by atoms with E-state index in [1.165, 1.54) is 24.3 Å². The van der Waals surface area contributed by atoms with Crippen LogP contribution in [0.15, 0.2) is 36.4 Å². The second-order valence-corrected chi connectivity index (χ2v) is 7.48. The molecule has 0 bridgehead atoms.